The molecule has 13 nitrogen and oxygen atoms in total. The van der Waals surface area contributed by atoms with Crippen molar-refractivity contribution >= 4 is 33.1 Å². The van der Waals surface area contributed by atoms with Crippen LogP contribution in [0.15, 0.2) is 70.1 Å². The Balaban J connectivity index is 1.34. The number of nitrogens with one attached hydrogen (secondary N) is 1. The number of anilines is 1. The lowest BCUT2D eigenvalue weighted by Gasteiger charge is -2.33. The largest absolute Gasteiger partial charge is 0.475 e. The van der Waals surface area contributed by atoms with Crippen LogP contribution in [0.3, 0.4) is 0 Å². The molecule has 2 atom stereocenters. The van der Waals surface area contributed by atoms with E-state index in [-0.39, 0.29) is 52.3 Å². The van der Waals surface area contributed by atoms with Crippen molar-refractivity contribution in [2.75, 3.05) is 17.9 Å². The fourth-order valence-corrected chi connectivity index (χ4v) is 7.27. The van der Waals surface area contributed by atoms with Gasteiger partial charge in [0.25, 0.3) is 15.9 Å². The lowest BCUT2D eigenvalue weighted by molar-refractivity contribution is -0.0185. The third-order valence-electron chi connectivity index (χ3n) is 9.47. The minimum Gasteiger partial charge on any atom is -0.475 e. The molecule has 50 heavy (non-hydrogen) atoms. The lowest BCUT2D eigenvalue weighted by atomic mass is 9.97. The van der Waals surface area contributed by atoms with Gasteiger partial charge < -0.3 is 24.3 Å². The summed E-state index contributed by atoms with van der Waals surface area (Å²) in [6, 6.07) is 14.4. The van der Waals surface area contributed by atoms with Crippen molar-refractivity contribution in [3.8, 4) is 17.1 Å². The van der Waals surface area contributed by atoms with Gasteiger partial charge >= 0.3 is 0 Å². The smallest absolute Gasteiger partial charge is 0.264 e. The average Bonchev–Trinajstić information content (AvgIpc) is 3.64. The molecule has 260 valence electrons. The number of benzene rings is 2. The molecule has 0 saturated heterocycles. The van der Waals surface area contributed by atoms with Crippen LogP contribution < -0.4 is 9.46 Å². The first-order valence-corrected chi connectivity index (χ1v) is 17.8. The third kappa shape index (κ3) is 6.65. The van der Waals surface area contributed by atoms with Gasteiger partial charge in [-0.25, -0.2) is 28.1 Å². The molecule has 3 N–H and O–H groups in total. The molecule has 5 aromatic rings. The molecular weight excluding hydrogens is 660 g/mol. The SMILES string of the molecule is Cc1cccc(C)c1-c1cc2nc(n1)NS(=O)(=O)c1cccc(c1)C(=O)N(Cc1cnc3oc(C(C)(O)CO)cc3n1)[C@H](CC1(C)CC1)CO2. The summed E-state index contributed by atoms with van der Waals surface area (Å²) in [5, 5.41) is 20.1. The molecule has 1 aliphatic carbocycles. The number of aromatic nitrogens is 4. The van der Waals surface area contributed by atoms with E-state index in [9.17, 15) is 23.4 Å². The van der Waals surface area contributed by atoms with Gasteiger partial charge in [0.05, 0.1) is 41.7 Å². The molecule has 1 unspecified atom stereocenters. The number of rotatable bonds is 7. The second kappa shape index (κ2) is 12.4. The van der Waals surface area contributed by atoms with E-state index >= 15 is 0 Å². The zero-order valence-corrected chi connectivity index (χ0v) is 29.0. The molecule has 2 aliphatic rings. The van der Waals surface area contributed by atoms with Crippen LogP contribution in [0.25, 0.3) is 22.5 Å². The monoisotopic (exact) mass is 698 g/mol. The first-order valence-electron chi connectivity index (χ1n) is 16.4. The van der Waals surface area contributed by atoms with Crippen LogP contribution in [0.4, 0.5) is 5.95 Å². The molecule has 1 aliphatic heterocycles. The third-order valence-corrected chi connectivity index (χ3v) is 10.8. The van der Waals surface area contributed by atoms with Crippen molar-refractivity contribution in [3.63, 3.8) is 0 Å². The van der Waals surface area contributed by atoms with E-state index in [2.05, 4.69) is 31.6 Å². The molecule has 14 heteroatoms. The van der Waals surface area contributed by atoms with Crippen LogP contribution >= 0.6 is 0 Å². The van der Waals surface area contributed by atoms with E-state index in [1.54, 1.807) is 17.0 Å². The second-order valence-electron chi connectivity index (χ2n) is 13.8. The van der Waals surface area contributed by atoms with Gasteiger partial charge in [0.1, 0.15) is 23.5 Å². The fraction of sp³-hybridized carbons (Fsp3) is 0.361. The maximum atomic E-state index is 14.5. The van der Waals surface area contributed by atoms with Crippen LogP contribution in [0.5, 0.6) is 5.88 Å². The molecule has 1 amide bonds. The molecule has 1 saturated carbocycles. The summed E-state index contributed by atoms with van der Waals surface area (Å²) in [7, 11) is -4.22. The highest BCUT2D eigenvalue weighted by atomic mass is 32.2. The first-order chi connectivity index (χ1) is 23.7. The lowest BCUT2D eigenvalue weighted by Crippen LogP contribution is -2.44. The molecule has 7 rings (SSSR count). The summed E-state index contributed by atoms with van der Waals surface area (Å²) in [4.78, 5) is 34.1. The Morgan fingerprint density at radius 2 is 1.80 bits per heavy atom. The highest BCUT2D eigenvalue weighted by molar-refractivity contribution is 7.92. The van der Waals surface area contributed by atoms with Crippen LogP contribution in [-0.4, -0.2) is 68.6 Å². The van der Waals surface area contributed by atoms with Gasteiger partial charge in [-0.2, -0.15) is 4.98 Å². The summed E-state index contributed by atoms with van der Waals surface area (Å²) in [6.45, 7) is 7.01. The molecule has 1 fully saturated rings. The number of carbonyl (C=O) groups excluding carboxylic acids is 1. The van der Waals surface area contributed by atoms with Crippen molar-refractivity contribution in [2.24, 2.45) is 5.41 Å². The van der Waals surface area contributed by atoms with Crippen molar-refractivity contribution in [3.05, 3.63) is 88.9 Å². The zero-order valence-electron chi connectivity index (χ0n) is 28.2. The predicted octanol–water partition coefficient (Wildman–Crippen LogP) is 4.89. The summed E-state index contributed by atoms with van der Waals surface area (Å²) >= 11 is 0. The van der Waals surface area contributed by atoms with E-state index < -0.39 is 34.2 Å². The normalized spacial score (nSPS) is 19.4. The summed E-state index contributed by atoms with van der Waals surface area (Å²) < 4.78 is 41.9. The number of fused-ring (bicyclic) bond motifs is 5. The van der Waals surface area contributed by atoms with E-state index in [0.717, 1.165) is 29.5 Å². The Bertz CT molecular complexity index is 2210. The topological polar surface area (TPSA) is 181 Å². The van der Waals surface area contributed by atoms with Crippen molar-refractivity contribution in [2.45, 2.75) is 70.0 Å². The van der Waals surface area contributed by atoms with Crippen molar-refractivity contribution in [1.82, 2.24) is 24.8 Å². The number of hydrogen-bond acceptors (Lipinski definition) is 11. The second-order valence-corrected chi connectivity index (χ2v) is 15.5. The van der Waals surface area contributed by atoms with Crippen LogP contribution in [-0.2, 0) is 22.2 Å². The highest BCUT2D eigenvalue weighted by Crippen LogP contribution is 2.49. The Morgan fingerprint density at radius 3 is 2.52 bits per heavy atom. The van der Waals surface area contributed by atoms with Crippen LogP contribution in [0, 0.1) is 19.3 Å². The number of nitrogens with zero attached hydrogens (tertiary/aromatic N) is 5. The average molecular weight is 699 g/mol. The number of furan rings is 1. The minimum atomic E-state index is -4.22. The van der Waals surface area contributed by atoms with E-state index in [4.69, 9.17) is 9.15 Å². The van der Waals surface area contributed by atoms with Crippen LogP contribution in [0.2, 0.25) is 0 Å². The summed E-state index contributed by atoms with van der Waals surface area (Å²) in [5.74, 6) is -0.300. The molecule has 2 aromatic carbocycles. The van der Waals surface area contributed by atoms with Gasteiger partial charge in [-0.3, -0.25) is 4.79 Å². The number of aliphatic hydroxyl groups is 2. The number of amides is 1. The van der Waals surface area contributed by atoms with Gasteiger partial charge in [-0.05, 0) is 74.8 Å². The van der Waals surface area contributed by atoms with Crippen LogP contribution in [0.1, 0.15) is 66.0 Å². The number of hydrogen-bond donors (Lipinski definition) is 3. The van der Waals surface area contributed by atoms with E-state index in [1.807, 2.05) is 32.0 Å². The fourth-order valence-electron chi connectivity index (χ4n) is 6.28. The number of carbonyl (C=O) groups is 1. The molecule has 3 aromatic heterocycles. The number of ether oxygens (including phenoxy) is 1. The van der Waals surface area contributed by atoms with Crippen molar-refractivity contribution < 1.29 is 32.6 Å². The standard InChI is InChI=1S/C36H38N6O7S/c1-21-7-5-8-22(2)31(21)27-15-30-40-34(39-27)41-50(46,47)26-10-6-9-23(13-26)33(44)42(25(19-48-30)16-35(3)11-12-35)18-24-17-37-32-28(38-24)14-29(49-32)36(4,45)20-43/h5-10,13-15,17,25,43,45H,11-12,16,18-20H2,1-4H3,(H,39,40,41)/t25-,36?/m1/s1. The quantitative estimate of drug-likeness (QED) is 0.211. The minimum absolute atomic E-state index is 0.0146. The number of aliphatic hydroxyl groups excluding tert-OH is 1. The van der Waals surface area contributed by atoms with Gasteiger partial charge in [-0.1, -0.05) is 31.2 Å². The first kappa shape index (κ1) is 33.6. The molecule has 0 radical (unpaired) electrons. The summed E-state index contributed by atoms with van der Waals surface area (Å²) in [6.07, 6.45) is 4.09. The van der Waals surface area contributed by atoms with E-state index in [0.29, 0.717) is 23.3 Å². The van der Waals surface area contributed by atoms with Gasteiger partial charge in [0, 0.05) is 23.3 Å². The number of sulfonamides is 1. The van der Waals surface area contributed by atoms with E-state index in [1.165, 1.54) is 37.4 Å². The number of aryl methyl sites for hydroxylation is 2. The Kier molecular flexibility index (Phi) is 8.36. The molecule has 4 bridgehead atoms. The summed E-state index contributed by atoms with van der Waals surface area (Å²) in [5.41, 5.74) is 2.71. The Labute approximate surface area is 289 Å². The van der Waals surface area contributed by atoms with Gasteiger partial charge in [-0.15, -0.1) is 0 Å². The molecule has 4 heterocycles. The Hall–Kier alpha value is -4.92. The van der Waals surface area contributed by atoms with Crippen molar-refractivity contribution in [1.29, 1.82) is 0 Å². The Morgan fingerprint density at radius 1 is 1.06 bits per heavy atom. The maximum Gasteiger partial charge on any atom is 0.264 e. The molecular formula is C36H38N6O7S. The predicted molar refractivity (Wildman–Crippen MR) is 184 cm³/mol. The van der Waals surface area contributed by atoms with Gasteiger partial charge in [0.15, 0.2) is 0 Å². The van der Waals surface area contributed by atoms with Gasteiger partial charge in [0.2, 0.25) is 17.5 Å². The molecule has 0 spiro atoms. The highest BCUT2D eigenvalue weighted by Gasteiger charge is 2.42. The maximum absolute atomic E-state index is 14.5. The zero-order chi connectivity index (χ0) is 35.4.